The maximum atomic E-state index is 5.58. The Hall–Kier alpha value is -1.83. The number of piperazine rings is 1. The van der Waals surface area contributed by atoms with Gasteiger partial charge in [-0.2, -0.15) is 0 Å². The van der Waals surface area contributed by atoms with Crippen LogP contribution in [-0.2, 0) is 13.1 Å². The van der Waals surface area contributed by atoms with Gasteiger partial charge in [-0.3, -0.25) is 4.90 Å². The van der Waals surface area contributed by atoms with Crippen LogP contribution in [0.4, 0.5) is 0 Å². The quantitative estimate of drug-likeness (QED) is 0.841. The lowest BCUT2D eigenvalue weighted by Gasteiger charge is -2.32. The van der Waals surface area contributed by atoms with E-state index in [1.165, 1.54) is 5.56 Å². The minimum atomic E-state index is 0.527. The molecule has 0 radical (unpaired) electrons. The van der Waals surface area contributed by atoms with E-state index in [4.69, 9.17) is 5.73 Å². The number of nitrogens with zero attached hydrogens (tertiary/aromatic N) is 6. The van der Waals surface area contributed by atoms with Gasteiger partial charge in [0.1, 0.15) is 0 Å². The molecule has 0 aliphatic carbocycles. The minimum absolute atomic E-state index is 0.527. The summed E-state index contributed by atoms with van der Waals surface area (Å²) in [5.74, 6) is 0.775. The van der Waals surface area contributed by atoms with Gasteiger partial charge < -0.3 is 10.6 Å². The molecule has 1 aliphatic rings. The first-order chi connectivity index (χ1) is 10.8. The summed E-state index contributed by atoms with van der Waals surface area (Å²) in [5.41, 5.74) is 7.93. The van der Waals surface area contributed by atoms with E-state index >= 15 is 0 Å². The Morgan fingerprint density at radius 2 is 1.82 bits per heavy atom. The van der Waals surface area contributed by atoms with Gasteiger partial charge in [0.15, 0.2) is 5.82 Å². The van der Waals surface area contributed by atoms with E-state index in [-0.39, 0.29) is 0 Å². The van der Waals surface area contributed by atoms with Gasteiger partial charge in [-0.15, -0.1) is 5.10 Å². The van der Waals surface area contributed by atoms with Gasteiger partial charge in [0.2, 0.25) is 0 Å². The van der Waals surface area contributed by atoms with E-state index in [2.05, 4.69) is 56.6 Å². The first-order valence-electron chi connectivity index (χ1n) is 7.72. The van der Waals surface area contributed by atoms with Gasteiger partial charge in [0.25, 0.3) is 0 Å². The zero-order valence-corrected chi connectivity index (χ0v) is 13.0. The van der Waals surface area contributed by atoms with Crippen LogP contribution in [0.3, 0.4) is 0 Å². The van der Waals surface area contributed by atoms with Gasteiger partial charge in [0.05, 0.1) is 6.54 Å². The molecule has 1 saturated heterocycles. The topological polar surface area (TPSA) is 76.1 Å². The van der Waals surface area contributed by atoms with Crippen molar-refractivity contribution in [2.24, 2.45) is 5.73 Å². The smallest absolute Gasteiger partial charge is 0.182 e. The third kappa shape index (κ3) is 3.49. The molecular weight excluding hydrogens is 278 g/mol. The van der Waals surface area contributed by atoms with Gasteiger partial charge in [-0.05, 0) is 23.0 Å². The summed E-state index contributed by atoms with van der Waals surface area (Å²) in [7, 11) is 2.18. The number of benzene rings is 1. The van der Waals surface area contributed by atoms with Crippen LogP contribution in [0, 0.1) is 0 Å². The number of likely N-dealkylation sites (N-methyl/N-ethyl adjacent to an activating group) is 1. The molecule has 0 atom stereocenters. The van der Waals surface area contributed by atoms with Crippen molar-refractivity contribution in [3.63, 3.8) is 0 Å². The SMILES string of the molecule is CN1CCN(Cc2ccc(-c3nnnn3CCN)cc2)CC1. The molecule has 22 heavy (non-hydrogen) atoms. The van der Waals surface area contributed by atoms with Crippen LogP contribution in [0.25, 0.3) is 11.4 Å². The Morgan fingerprint density at radius 3 is 2.50 bits per heavy atom. The average molecular weight is 301 g/mol. The molecule has 3 rings (SSSR count). The maximum Gasteiger partial charge on any atom is 0.182 e. The molecule has 1 fully saturated rings. The Balaban J connectivity index is 1.66. The molecule has 2 heterocycles. The van der Waals surface area contributed by atoms with Gasteiger partial charge in [0, 0.05) is 44.8 Å². The molecule has 2 N–H and O–H groups in total. The van der Waals surface area contributed by atoms with Gasteiger partial charge >= 0.3 is 0 Å². The standard InChI is InChI=1S/C15H23N7/c1-20-8-10-21(11-9-20)12-13-2-4-14(5-3-13)15-17-18-19-22(15)7-6-16/h2-5H,6-12,16H2,1H3. The van der Waals surface area contributed by atoms with Gasteiger partial charge in [-0.25, -0.2) is 4.68 Å². The molecule has 7 heteroatoms. The Labute approximate surface area is 130 Å². The van der Waals surface area contributed by atoms with E-state index in [0.717, 1.165) is 44.1 Å². The summed E-state index contributed by atoms with van der Waals surface area (Å²) < 4.78 is 1.75. The number of hydrogen-bond donors (Lipinski definition) is 1. The van der Waals surface area contributed by atoms with Crippen molar-refractivity contribution in [1.29, 1.82) is 0 Å². The second-order valence-electron chi connectivity index (χ2n) is 5.79. The van der Waals surface area contributed by atoms with Crippen molar-refractivity contribution in [2.45, 2.75) is 13.1 Å². The molecule has 0 unspecified atom stereocenters. The minimum Gasteiger partial charge on any atom is -0.329 e. The average Bonchev–Trinajstić information content (AvgIpc) is 2.99. The Bertz CT molecular complexity index is 584. The number of nitrogens with two attached hydrogens (primary N) is 1. The highest BCUT2D eigenvalue weighted by molar-refractivity contribution is 5.54. The molecule has 1 aromatic heterocycles. The predicted octanol–water partition coefficient (Wildman–Crippen LogP) is 0.0462. The Morgan fingerprint density at radius 1 is 1.09 bits per heavy atom. The van der Waals surface area contributed by atoms with Crippen LogP contribution in [0.5, 0.6) is 0 Å². The zero-order valence-electron chi connectivity index (χ0n) is 13.0. The fourth-order valence-electron chi connectivity index (χ4n) is 2.71. The van der Waals surface area contributed by atoms with Crippen LogP contribution < -0.4 is 5.73 Å². The molecular formula is C15H23N7. The first-order valence-corrected chi connectivity index (χ1v) is 7.72. The molecule has 0 amide bonds. The summed E-state index contributed by atoms with van der Waals surface area (Å²) in [6.07, 6.45) is 0. The van der Waals surface area contributed by atoms with Crippen molar-refractivity contribution < 1.29 is 0 Å². The molecule has 7 nitrogen and oxygen atoms in total. The van der Waals surface area contributed by atoms with E-state index in [1.807, 2.05) is 0 Å². The monoisotopic (exact) mass is 301 g/mol. The fourth-order valence-corrected chi connectivity index (χ4v) is 2.71. The van der Waals surface area contributed by atoms with Crippen molar-refractivity contribution in [3.05, 3.63) is 29.8 Å². The summed E-state index contributed by atoms with van der Waals surface area (Å²) in [4.78, 5) is 4.87. The highest BCUT2D eigenvalue weighted by Gasteiger charge is 2.14. The summed E-state index contributed by atoms with van der Waals surface area (Å²) in [6, 6.07) is 8.50. The maximum absolute atomic E-state index is 5.58. The molecule has 1 aromatic carbocycles. The molecule has 118 valence electrons. The number of hydrogen-bond acceptors (Lipinski definition) is 6. The van der Waals surface area contributed by atoms with Crippen LogP contribution in [-0.4, -0.2) is 69.8 Å². The highest BCUT2D eigenvalue weighted by atomic mass is 15.5. The number of rotatable bonds is 5. The number of aromatic nitrogens is 4. The van der Waals surface area contributed by atoms with Crippen LogP contribution in [0.2, 0.25) is 0 Å². The van der Waals surface area contributed by atoms with E-state index in [1.54, 1.807) is 4.68 Å². The lowest BCUT2D eigenvalue weighted by Crippen LogP contribution is -2.43. The first kappa shape index (κ1) is 15.1. The van der Waals surface area contributed by atoms with Crippen molar-refractivity contribution in [3.8, 4) is 11.4 Å². The Kier molecular flexibility index (Phi) is 4.77. The second-order valence-corrected chi connectivity index (χ2v) is 5.79. The third-order valence-electron chi connectivity index (χ3n) is 4.09. The van der Waals surface area contributed by atoms with Crippen LogP contribution in [0.1, 0.15) is 5.56 Å². The lowest BCUT2D eigenvalue weighted by molar-refractivity contribution is 0.148. The molecule has 0 saturated carbocycles. The summed E-state index contributed by atoms with van der Waals surface area (Å²) in [5, 5.41) is 11.8. The van der Waals surface area contributed by atoms with Crippen molar-refractivity contribution >= 4 is 0 Å². The van der Waals surface area contributed by atoms with Crippen LogP contribution in [0.15, 0.2) is 24.3 Å². The van der Waals surface area contributed by atoms with Crippen LogP contribution >= 0.6 is 0 Å². The predicted molar refractivity (Wildman–Crippen MR) is 85.1 cm³/mol. The normalized spacial score (nSPS) is 17.0. The van der Waals surface area contributed by atoms with E-state index < -0.39 is 0 Å². The van der Waals surface area contributed by atoms with Crippen molar-refractivity contribution in [1.82, 2.24) is 30.0 Å². The molecule has 0 spiro atoms. The third-order valence-corrected chi connectivity index (χ3v) is 4.09. The number of tetrazole rings is 1. The van der Waals surface area contributed by atoms with Gasteiger partial charge in [-0.1, -0.05) is 24.3 Å². The molecule has 2 aromatic rings. The van der Waals surface area contributed by atoms with E-state index in [0.29, 0.717) is 13.1 Å². The van der Waals surface area contributed by atoms with E-state index in [9.17, 15) is 0 Å². The summed E-state index contributed by atoms with van der Waals surface area (Å²) >= 11 is 0. The fraction of sp³-hybridized carbons (Fsp3) is 0.533. The molecule has 0 bridgehead atoms. The highest BCUT2D eigenvalue weighted by Crippen LogP contribution is 2.17. The van der Waals surface area contributed by atoms with Crippen molar-refractivity contribution in [2.75, 3.05) is 39.8 Å². The lowest BCUT2D eigenvalue weighted by atomic mass is 10.1. The zero-order chi connectivity index (χ0) is 15.4. The second kappa shape index (κ2) is 6.95. The molecule has 1 aliphatic heterocycles. The summed E-state index contributed by atoms with van der Waals surface area (Å²) in [6.45, 7) is 6.71. The largest absolute Gasteiger partial charge is 0.329 e.